The molecule has 0 N–H and O–H groups in total. The number of hydrogen-bond acceptors (Lipinski definition) is 4. The molecule has 1 unspecified atom stereocenters. The third-order valence-electron chi connectivity index (χ3n) is 3.19. The van der Waals surface area contributed by atoms with Crippen LogP contribution in [0.3, 0.4) is 0 Å². The second-order valence-corrected chi connectivity index (χ2v) is 7.74. The predicted octanol–water partition coefficient (Wildman–Crippen LogP) is 6.07. The van der Waals surface area contributed by atoms with Gasteiger partial charge in [0.2, 0.25) is 0 Å². The number of hydrogen-bond donors (Lipinski definition) is 0. The fourth-order valence-corrected chi connectivity index (χ4v) is 5.11. The summed E-state index contributed by atoms with van der Waals surface area (Å²) < 4.78 is 14.2. The first-order chi connectivity index (χ1) is 10.1. The average Bonchev–Trinajstić information content (AvgIpc) is 3.07. The third-order valence-corrected chi connectivity index (χ3v) is 6.56. The van der Waals surface area contributed by atoms with Crippen LogP contribution in [0.5, 0.6) is 11.5 Å². The SMILES string of the molecule is COc1cc(C(Cl)c2cc3sccc3s2)c(OC)cc1Br. The van der Waals surface area contributed by atoms with Crippen molar-refractivity contribution in [3.05, 3.63) is 44.6 Å². The van der Waals surface area contributed by atoms with Gasteiger partial charge in [0.25, 0.3) is 0 Å². The summed E-state index contributed by atoms with van der Waals surface area (Å²) in [5, 5.41) is 1.84. The van der Waals surface area contributed by atoms with E-state index < -0.39 is 0 Å². The molecule has 0 amide bonds. The van der Waals surface area contributed by atoms with Crippen molar-refractivity contribution in [2.24, 2.45) is 0 Å². The molecular formula is C15H12BrClO2S2. The predicted molar refractivity (Wildman–Crippen MR) is 94.6 cm³/mol. The van der Waals surface area contributed by atoms with Gasteiger partial charge >= 0.3 is 0 Å². The summed E-state index contributed by atoms with van der Waals surface area (Å²) in [7, 11) is 3.29. The van der Waals surface area contributed by atoms with Crippen molar-refractivity contribution in [3.8, 4) is 11.5 Å². The molecule has 1 aromatic carbocycles. The van der Waals surface area contributed by atoms with Crippen molar-refractivity contribution in [2.75, 3.05) is 14.2 Å². The Hall–Kier alpha value is -0.750. The van der Waals surface area contributed by atoms with Crippen molar-refractivity contribution in [3.63, 3.8) is 0 Å². The van der Waals surface area contributed by atoms with Crippen LogP contribution in [-0.4, -0.2) is 14.2 Å². The highest BCUT2D eigenvalue weighted by molar-refractivity contribution is 9.10. The van der Waals surface area contributed by atoms with Gasteiger partial charge in [-0.25, -0.2) is 0 Å². The Morgan fingerprint density at radius 3 is 2.52 bits per heavy atom. The Bertz CT molecular complexity index is 753. The molecule has 110 valence electrons. The molecule has 1 atom stereocenters. The van der Waals surface area contributed by atoms with Crippen molar-refractivity contribution in [2.45, 2.75) is 5.38 Å². The second kappa shape index (κ2) is 6.16. The summed E-state index contributed by atoms with van der Waals surface area (Å²) in [5.41, 5.74) is 0.910. The monoisotopic (exact) mass is 402 g/mol. The zero-order valence-electron chi connectivity index (χ0n) is 11.4. The zero-order chi connectivity index (χ0) is 15.0. The highest BCUT2D eigenvalue weighted by atomic mass is 79.9. The average molecular weight is 404 g/mol. The summed E-state index contributed by atoms with van der Waals surface area (Å²) in [6, 6.07) is 8.08. The lowest BCUT2D eigenvalue weighted by Crippen LogP contribution is -1.98. The Morgan fingerprint density at radius 1 is 1.10 bits per heavy atom. The lowest BCUT2D eigenvalue weighted by molar-refractivity contribution is 0.397. The van der Waals surface area contributed by atoms with Gasteiger partial charge in [0.05, 0.1) is 24.1 Å². The Kier molecular flexibility index (Phi) is 4.45. The van der Waals surface area contributed by atoms with Crippen LogP contribution in [0.25, 0.3) is 9.40 Å². The van der Waals surface area contributed by atoms with Crippen molar-refractivity contribution < 1.29 is 9.47 Å². The summed E-state index contributed by atoms with van der Waals surface area (Å²) in [6.07, 6.45) is 0. The van der Waals surface area contributed by atoms with Crippen LogP contribution in [0.4, 0.5) is 0 Å². The van der Waals surface area contributed by atoms with Crippen LogP contribution in [-0.2, 0) is 0 Å². The van der Waals surface area contributed by atoms with Crippen LogP contribution in [0.15, 0.2) is 34.1 Å². The molecule has 0 aliphatic rings. The molecule has 2 nitrogen and oxygen atoms in total. The number of halogens is 2. The van der Waals surface area contributed by atoms with E-state index >= 15 is 0 Å². The molecule has 0 saturated carbocycles. The summed E-state index contributed by atoms with van der Waals surface area (Å²) in [6.45, 7) is 0. The van der Waals surface area contributed by atoms with E-state index in [1.165, 1.54) is 9.40 Å². The normalized spacial score (nSPS) is 12.6. The van der Waals surface area contributed by atoms with Crippen molar-refractivity contribution in [1.82, 2.24) is 0 Å². The van der Waals surface area contributed by atoms with Gasteiger partial charge in [-0.1, -0.05) is 0 Å². The molecule has 0 radical (unpaired) electrons. The minimum absolute atomic E-state index is 0.258. The Balaban J connectivity index is 2.07. The van der Waals surface area contributed by atoms with Crippen LogP contribution in [0.2, 0.25) is 0 Å². The molecular weight excluding hydrogens is 392 g/mol. The Morgan fingerprint density at radius 2 is 1.86 bits per heavy atom. The molecule has 2 heterocycles. The van der Waals surface area contributed by atoms with Crippen molar-refractivity contribution in [1.29, 1.82) is 0 Å². The van der Waals surface area contributed by atoms with E-state index in [0.29, 0.717) is 0 Å². The topological polar surface area (TPSA) is 18.5 Å². The van der Waals surface area contributed by atoms with Gasteiger partial charge in [0.1, 0.15) is 11.5 Å². The number of benzene rings is 1. The van der Waals surface area contributed by atoms with Gasteiger partial charge in [-0.2, -0.15) is 0 Å². The van der Waals surface area contributed by atoms with E-state index in [0.717, 1.165) is 26.4 Å². The highest BCUT2D eigenvalue weighted by Crippen LogP contribution is 2.44. The largest absolute Gasteiger partial charge is 0.496 e. The van der Waals surface area contributed by atoms with Crippen LogP contribution in [0, 0.1) is 0 Å². The lowest BCUT2D eigenvalue weighted by atomic mass is 10.1. The van der Waals surface area contributed by atoms with Gasteiger partial charge in [0, 0.05) is 19.8 Å². The Labute approximate surface area is 144 Å². The van der Waals surface area contributed by atoms with Crippen LogP contribution >= 0.6 is 50.2 Å². The van der Waals surface area contributed by atoms with E-state index in [1.807, 2.05) is 12.1 Å². The van der Waals surface area contributed by atoms with E-state index in [1.54, 1.807) is 36.9 Å². The summed E-state index contributed by atoms with van der Waals surface area (Å²) in [5.74, 6) is 1.49. The van der Waals surface area contributed by atoms with Gasteiger partial charge in [0.15, 0.2) is 0 Å². The number of methoxy groups -OCH3 is 2. The molecule has 3 rings (SSSR count). The standard InChI is InChI=1S/C15H12BrClO2S2/c1-18-10-6-9(16)11(19-2)5-8(10)15(17)14-7-13-12(21-14)3-4-20-13/h3-7,15H,1-2H3. The smallest absolute Gasteiger partial charge is 0.133 e. The van der Waals surface area contributed by atoms with Crippen molar-refractivity contribution >= 4 is 59.6 Å². The number of rotatable bonds is 4. The maximum atomic E-state index is 6.69. The van der Waals surface area contributed by atoms with Crippen LogP contribution in [0.1, 0.15) is 15.8 Å². The number of alkyl halides is 1. The highest BCUT2D eigenvalue weighted by Gasteiger charge is 2.21. The summed E-state index contributed by atoms with van der Waals surface area (Å²) in [4.78, 5) is 1.11. The molecule has 0 aliphatic heterocycles. The fourth-order valence-electron chi connectivity index (χ4n) is 2.14. The minimum Gasteiger partial charge on any atom is -0.496 e. The number of thiophene rings is 2. The second-order valence-electron chi connectivity index (χ2n) is 4.39. The fraction of sp³-hybridized carbons (Fsp3) is 0.200. The van der Waals surface area contributed by atoms with E-state index in [4.69, 9.17) is 21.1 Å². The quantitative estimate of drug-likeness (QED) is 0.492. The molecule has 6 heteroatoms. The first-order valence-corrected chi connectivity index (χ1v) is 9.09. The minimum atomic E-state index is -0.258. The molecule has 0 saturated heterocycles. The zero-order valence-corrected chi connectivity index (χ0v) is 15.3. The molecule has 0 fully saturated rings. The first-order valence-electron chi connectivity index (χ1n) is 6.16. The first kappa shape index (κ1) is 15.2. The molecule has 0 aliphatic carbocycles. The molecule has 21 heavy (non-hydrogen) atoms. The molecule has 0 spiro atoms. The van der Waals surface area contributed by atoms with Gasteiger partial charge < -0.3 is 9.47 Å². The maximum Gasteiger partial charge on any atom is 0.133 e. The van der Waals surface area contributed by atoms with Gasteiger partial charge in [-0.05, 0) is 45.6 Å². The summed E-state index contributed by atoms with van der Waals surface area (Å²) >= 11 is 13.6. The molecule has 0 bridgehead atoms. The van der Waals surface area contributed by atoms with E-state index in [9.17, 15) is 0 Å². The number of fused-ring (bicyclic) bond motifs is 1. The third kappa shape index (κ3) is 2.80. The van der Waals surface area contributed by atoms with Gasteiger partial charge in [-0.3, -0.25) is 0 Å². The lowest BCUT2D eigenvalue weighted by Gasteiger charge is -2.15. The van der Waals surface area contributed by atoms with Gasteiger partial charge in [-0.15, -0.1) is 34.3 Å². The van der Waals surface area contributed by atoms with Crippen LogP contribution < -0.4 is 9.47 Å². The maximum absolute atomic E-state index is 6.69. The van der Waals surface area contributed by atoms with E-state index in [2.05, 4.69) is 33.4 Å². The number of ether oxygens (including phenoxy) is 2. The van der Waals surface area contributed by atoms with E-state index in [-0.39, 0.29) is 5.38 Å². The molecule has 2 aromatic heterocycles. The molecule has 3 aromatic rings.